The molecule has 1 heterocycles. The Morgan fingerprint density at radius 1 is 1.47 bits per heavy atom. The summed E-state index contributed by atoms with van der Waals surface area (Å²) in [6, 6.07) is 5.92. The highest BCUT2D eigenvalue weighted by Gasteiger charge is 2.00. The fourth-order valence-electron chi connectivity index (χ4n) is 1.20. The zero-order chi connectivity index (χ0) is 10.7. The molecule has 0 bridgehead atoms. The van der Waals surface area contributed by atoms with Crippen molar-refractivity contribution in [3.63, 3.8) is 0 Å². The van der Waals surface area contributed by atoms with Crippen molar-refractivity contribution >= 4 is 39.9 Å². The molecule has 2 N–H and O–H groups in total. The van der Waals surface area contributed by atoms with Crippen LogP contribution in [0.1, 0.15) is 5.69 Å². The van der Waals surface area contributed by atoms with Gasteiger partial charge < -0.3 is 10.3 Å². The van der Waals surface area contributed by atoms with Crippen LogP contribution in [-0.4, -0.2) is 9.97 Å². The highest BCUT2D eigenvalue weighted by Crippen LogP contribution is 2.24. The van der Waals surface area contributed by atoms with E-state index in [9.17, 15) is 0 Å². The number of aromatic nitrogens is 2. The van der Waals surface area contributed by atoms with Crippen LogP contribution >= 0.6 is 34.2 Å². The number of H-pyrrole nitrogens is 1. The summed E-state index contributed by atoms with van der Waals surface area (Å²) in [5.74, 6) is 0. The molecule has 0 aliphatic heterocycles. The maximum atomic E-state index is 6.08. The van der Waals surface area contributed by atoms with Gasteiger partial charge in [-0.1, -0.05) is 11.6 Å². The van der Waals surface area contributed by atoms with E-state index in [0.29, 0.717) is 6.54 Å². The first kappa shape index (κ1) is 10.8. The van der Waals surface area contributed by atoms with Crippen LogP contribution in [-0.2, 0) is 6.54 Å². The molecule has 2 rings (SSSR count). The second-order valence-electron chi connectivity index (χ2n) is 3.05. The number of halogens is 2. The molecular weight excluding hydrogens is 324 g/mol. The first-order valence-electron chi connectivity index (χ1n) is 4.42. The fraction of sp³-hybridized carbons (Fsp3) is 0.100. The summed E-state index contributed by atoms with van der Waals surface area (Å²) in [4.78, 5) is 6.96. The molecule has 0 amide bonds. The third-order valence-corrected chi connectivity index (χ3v) is 2.94. The molecular formula is C10H9ClIN3. The smallest absolute Gasteiger partial charge is 0.0922 e. The van der Waals surface area contributed by atoms with Gasteiger partial charge in [-0.25, -0.2) is 4.98 Å². The monoisotopic (exact) mass is 333 g/mol. The maximum absolute atomic E-state index is 6.08. The number of anilines is 1. The van der Waals surface area contributed by atoms with E-state index in [-0.39, 0.29) is 0 Å². The van der Waals surface area contributed by atoms with Crippen LogP contribution in [0.3, 0.4) is 0 Å². The zero-order valence-corrected chi connectivity index (χ0v) is 10.7. The Kier molecular flexibility index (Phi) is 3.48. The number of nitrogens with one attached hydrogen (secondary N) is 2. The summed E-state index contributed by atoms with van der Waals surface area (Å²) < 4.78 is 1.13. The number of aromatic amines is 1. The van der Waals surface area contributed by atoms with Crippen molar-refractivity contribution in [3.05, 3.63) is 45.0 Å². The molecule has 1 aromatic carbocycles. The predicted molar refractivity (Wildman–Crippen MR) is 70.1 cm³/mol. The van der Waals surface area contributed by atoms with Crippen LogP contribution < -0.4 is 5.32 Å². The lowest BCUT2D eigenvalue weighted by Crippen LogP contribution is -2.00. The first-order valence-corrected chi connectivity index (χ1v) is 5.87. The summed E-state index contributed by atoms with van der Waals surface area (Å²) in [6.45, 7) is 0.695. The number of rotatable bonds is 3. The van der Waals surface area contributed by atoms with E-state index in [1.807, 2.05) is 18.2 Å². The summed E-state index contributed by atoms with van der Waals surface area (Å²) in [6.07, 6.45) is 3.44. The number of imidazole rings is 1. The Labute approximate surface area is 106 Å². The minimum absolute atomic E-state index is 0.695. The van der Waals surface area contributed by atoms with Crippen molar-refractivity contribution in [2.75, 3.05) is 5.32 Å². The topological polar surface area (TPSA) is 40.7 Å². The molecule has 15 heavy (non-hydrogen) atoms. The lowest BCUT2D eigenvalue weighted by atomic mass is 10.3. The van der Waals surface area contributed by atoms with E-state index in [4.69, 9.17) is 11.6 Å². The Bertz CT molecular complexity index is 442. The molecule has 5 heteroatoms. The van der Waals surface area contributed by atoms with Crippen LogP contribution in [0.5, 0.6) is 0 Å². The average molecular weight is 334 g/mol. The lowest BCUT2D eigenvalue weighted by Gasteiger charge is -2.07. The van der Waals surface area contributed by atoms with Gasteiger partial charge in [0.05, 0.1) is 29.3 Å². The van der Waals surface area contributed by atoms with Gasteiger partial charge in [0.25, 0.3) is 0 Å². The third-order valence-electron chi connectivity index (χ3n) is 1.96. The lowest BCUT2D eigenvalue weighted by molar-refractivity contribution is 1.07. The third kappa shape index (κ3) is 2.85. The highest BCUT2D eigenvalue weighted by atomic mass is 127. The van der Waals surface area contributed by atoms with Crippen molar-refractivity contribution in [2.24, 2.45) is 0 Å². The van der Waals surface area contributed by atoms with E-state index >= 15 is 0 Å². The van der Waals surface area contributed by atoms with Crippen molar-refractivity contribution in [1.82, 2.24) is 9.97 Å². The summed E-state index contributed by atoms with van der Waals surface area (Å²) in [7, 11) is 0. The van der Waals surface area contributed by atoms with Crippen LogP contribution in [0.25, 0.3) is 0 Å². The van der Waals surface area contributed by atoms with Gasteiger partial charge in [0.1, 0.15) is 0 Å². The second kappa shape index (κ2) is 4.85. The summed E-state index contributed by atoms with van der Waals surface area (Å²) >= 11 is 8.31. The molecule has 0 aliphatic rings. The summed E-state index contributed by atoms with van der Waals surface area (Å²) in [5, 5.41) is 3.97. The largest absolute Gasteiger partial charge is 0.378 e. The van der Waals surface area contributed by atoms with Gasteiger partial charge in [-0.2, -0.15) is 0 Å². The Morgan fingerprint density at radius 3 is 3.00 bits per heavy atom. The van der Waals surface area contributed by atoms with Crippen molar-refractivity contribution in [1.29, 1.82) is 0 Å². The molecule has 2 aromatic rings. The normalized spacial score (nSPS) is 10.3. The van der Waals surface area contributed by atoms with Gasteiger partial charge in [-0.05, 0) is 40.8 Å². The maximum Gasteiger partial charge on any atom is 0.0922 e. The minimum atomic E-state index is 0.695. The van der Waals surface area contributed by atoms with E-state index in [0.717, 1.165) is 20.0 Å². The van der Waals surface area contributed by atoms with E-state index in [1.165, 1.54) is 0 Å². The number of hydrogen-bond donors (Lipinski definition) is 2. The molecule has 0 saturated heterocycles. The zero-order valence-electron chi connectivity index (χ0n) is 7.80. The standard InChI is InChI=1S/C10H9ClIN3/c11-9-3-7(12)1-2-10(9)14-5-8-4-13-6-15-8/h1-4,6,14H,5H2,(H,13,15). The Balaban J connectivity index is 2.05. The number of benzene rings is 1. The fourth-order valence-corrected chi connectivity index (χ4v) is 2.13. The molecule has 0 spiro atoms. The molecule has 0 unspecified atom stereocenters. The second-order valence-corrected chi connectivity index (χ2v) is 4.71. The van der Waals surface area contributed by atoms with E-state index in [2.05, 4.69) is 37.9 Å². The molecule has 0 aliphatic carbocycles. The van der Waals surface area contributed by atoms with E-state index < -0.39 is 0 Å². The van der Waals surface area contributed by atoms with Crippen molar-refractivity contribution < 1.29 is 0 Å². The SMILES string of the molecule is Clc1cc(I)ccc1NCc1cnc[nH]1. The average Bonchev–Trinajstić information content (AvgIpc) is 2.69. The van der Waals surface area contributed by atoms with Gasteiger partial charge in [0.2, 0.25) is 0 Å². The summed E-state index contributed by atoms with van der Waals surface area (Å²) in [5.41, 5.74) is 1.97. The van der Waals surface area contributed by atoms with Gasteiger partial charge in [-0.3, -0.25) is 0 Å². The number of hydrogen-bond acceptors (Lipinski definition) is 2. The predicted octanol–water partition coefficient (Wildman–Crippen LogP) is 3.28. The Hall–Kier alpha value is -0.750. The quantitative estimate of drug-likeness (QED) is 0.846. The minimum Gasteiger partial charge on any atom is -0.378 e. The van der Waals surface area contributed by atoms with Gasteiger partial charge in [0.15, 0.2) is 0 Å². The van der Waals surface area contributed by atoms with Crippen LogP contribution in [0, 0.1) is 3.57 Å². The van der Waals surface area contributed by atoms with Crippen molar-refractivity contribution in [2.45, 2.75) is 6.54 Å². The molecule has 0 fully saturated rings. The van der Waals surface area contributed by atoms with Crippen LogP contribution in [0.2, 0.25) is 5.02 Å². The highest BCUT2D eigenvalue weighted by molar-refractivity contribution is 14.1. The molecule has 0 radical (unpaired) electrons. The van der Waals surface area contributed by atoms with Crippen LogP contribution in [0.4, 0.5) is 5.69 Å². The molecule has 1 aromatic heterocycles. The van der Waals surface area contributed by atoms with Gasteiger partial charge >= 0.3 is 0 Å². The number of nitrogens with zero attached hydrogens (tertiary/aromatic N) is 1. The molecule has 78 valence electrons. The van der Waals surface area contributed by atoms with Crippen LogP contribution in [0.15, 0.2) is 30.7 Å². The van der Waals surface area contributed by atoms with E-state index in [1.54, 1.807) is 12.5 Å². The van der Waals surface area contributed by atoms with Gasteiger partial charge in [-0.15, -0.1) is 0 Å². The molecule has 3 nitrogen and oxygen atoms in total. The van der Waals surface area contributed by atoms with Gasteiger partial charge in [0, 0.05) is 9.77 Å². The first-order chi connectivity index (χ1) is 7.25. The Morgan fingerprint density at radius 2 is 2.33 bits per heavy atom. The molecule has 0 atom stereocenters. The molecule has 0 saturated carbocycles. The van der Waals surface area contributed by atoms with Crippen molar-refractivity contribution in [3.8, 4) is 0 Å².